The van der Waals surface area contributed by atoms with E-state index in [0.717, 1.165) is 11.1 Å². The standard InChI is InChI=1S/C18H21ClN2O3/c1-12-3-5-15(14(19)9-12)21-18(23)11-20-16-6-4-13(7-8-22)10-17(16)24-2/h3-6,9-10,20,22H,7-8,11H2,1-2H3,(H,21,23). The number of halogens is 1. The van der Waals surface area contributed by atoms with Gasteiger partial charge in [-0.15, -0.1) is 0 Å². The lowest BCUT2D eigenvalue weighted by molar-refractivity contribution is -0.114. The van der Waals surface area contributed by atoms with Crippen LogP contribution in [-0.4, -0.2) is 31.3 Å². The first-order valence-corrected chi connectivity index (χ1v) is 7.99. The highest BCUT2D eigenvalue weighted by Gasteiger charge is 2.09. The summed E-state index contributed by atoms with van der Waals surface area (Å²) in [4.78, 5) is 12.1. The van der Waals surface area contributed by atoms with Gasteiger partial charge in [-0.25, -0.2) is 0 Å². The van der Waals surface area contributed by atoms with Gasteiger partial charge in [-0.3, -0.25) is 4.79 Å². The van der Waals surface area contributed by atoms with Gasteiger partial charge >= 0.3 is 0 Å². The van der Waals surface area contributed by atoms with Crippen molar-refractivity contribution >= 4 is 28.9 Å². The third kappa shape index (κ3) is 4.88. The van der Waals surface area contributed by atoms with Gasteiger partial charge in [-0.05, 0) is 48.7 Å². The number of aliphatic hydroxyl groups is 1. The molecule has 3 N–H and O–H groups in total. The molecule has 0 unspecified atom stereocenters. The number of amides is 1. The molecule has 0 bridgehead atoms. The van der Waals surface area contributed by atoms with Crippen LogP contribution in [-0.2, 0) is 11.2 Å². The van der Waals surface area contributed by atoms with Crippen molar-refractivity contribution in [1.82, 2.24) is 0 Å². The minimum Gasteiger partial charge on any atom is -0.495 e. The Morgan fingerprint density at radius 3 is 2.62 bits per heavy atom. The largest absolute Gasteiger partial charge is 0.495 e. The molecule has 6 heteroatoms. The molecule has 1 amide bonds. The van der Waals surface area contributed by atoms with E-state index in [2.05, 4.69) is 10.6 Å². The summed E-state index contributed by atoms with van der Waals surface area (Å²) in [5.41, 5.74) is 3.29. The number of aryl methyl sites for hydroxylation is 1. The fraction of sp³-hybridized carbons (Fsp3) is 0.278. The lowest BCUT2D eigenvalue weighted by atomic mass is 10.1. The summed E-state index contributed by atoms with van der Waals surface area (Å²) in [5, 5.41) is 15.3. The molecule has 0 spiro atoms. The van der Waals surface area contributed by atoms with E-state index in [1.165, 1.54) is 0 Å². The smallest absolute Gasteiger partial charge is 0.243 e. The molecule has 24 heavy (non-hydrogen) atoms. The molecule has 0 atom stereocenters. The molecule has 2 aromatic rings. The summed E-state index contributed by atoms with van der Waals surface area (Å²) in [6, 6.07) is 11.0. The van der Waals surface area contributed by atoms with Gasteiger partial charge in [0.1, 0.15) is 5.75 Å². The number of aliphatic hydroxyl groups excluding tert-OH is 1. The molecule has 0 aliphatic rings. The maximum atomic E-state index is 12.1. The van der Waals surface area contributed by atoms with Crippen LogP contribution < -0.4 is 15.4 Å². The summed E-state index contributed by atoms with van der Waals surface area (Å²) in [7, 11) is 1.56. The zero-order chi connectivity index (χ0) is 17.5. The van der Waals surface area contributed by atoms with Crippen molar-refractivity contribution in [3.8, 4) is 5.75 Å². The Morgan fingerprint density at radius 2 is 1.96 bits per heavy atom. The molecule has 0 saturated carbocycles. The van der Waals surface area contributed by atoms with Gasteiger partial charge in [-0.2, -0.15) is 0 Å². The van der Waals surface area contributed by atoms with Gasteiger partial charge in [0.25, 0.3) is 0 Å². The first-order chi connectivity index (χ1) is 11.5. The Bertz CT molecular complexity index is 719. The van der Waals surface area contributed by atoms with E-state index in [0.29, 0.717) is 28.6 Å². The van der Waals surface area contributed by atoms with Crippen LogP contribution in [0.1, 0.15) is 11.1 Å². The third-order valence-electron chi connectivity index (χ3n) is 3.50. The van der Waals surface area contributed by atoms with Crippen LogP contribution in [0.3, 0.4) is 0 Å². The minimum atomic E-state index is -0.206. The molecule has 2 aromatic carbocycles. The molecule has 0 fully saturated rings. The summed E-state index contributed by atoms with van der Waals surface area (Å²) >= 11 is 6.11. The van der Waals surface area contributed by atoms with Gasteiger partial charge in [-0.1, -0.05) is 23.7 Å². The Morgan fingerprint density at radius 1 is 1.21 bits per heavy atom. The maximum absolute atomic E-state index is 12.1. The monoisotopic (exact) mass is 348 g/mol. The molecule has 0 aromatic heterocycles. The van der Waals surface area contributed by atoms with Gasteiger partial charge in [0.05, 0.1) is 30.1 Å². The highest BCUT2D eigenvalue weighted by molar-refractivity contribution is 6.33. The molecule has 0 aliphatic heterocycles. The van der Waals surface area contributed by atoms with Crippen molar-refractivity contribution < 1.29 is 14.6 Å². The number of ether oxygens (including phenoxy) is 1. The van der Waals surface area contributed by atoms with Crippen LogP contribution in [0, 0.1) is 6.92 Å². The molecule has 5 nitrogen and oxygen atoms in total. The van der Waals surface area contributed by atoms with Gasteiger partial charge < -0.3 is 20.5 Å². The van der Waals surface area contributed by atoms with Crippen molar-refractivity contribution in [2.45, 2.75) is 13.3 Å². The summed E-state index contributed by atoms with van der Waals surface area (Å²) < 4.78 is 5.32. The normalized spacial score (nSPS) is 10.3. The topological polar surface area (TPSA) is 70.6 Å². The number of methoxy groups -OCH3 is 1. The highest BCUT2D eigenvalue weighted by Crippen LogP contribution is 2.26. The number of hydrogen-bond acceptors (Lipinski definition) is 4. The average molecular weight is 349 g/mol. The van der Waals surface area contributed by atoms with Crippen molar-refractivity contribution in [3.63, 3.8) is 0 Å². The van der Waals surface area contributed by atoms with Crippen LogP contribution in [0.25, 0.3) is 0 Å². The van der Waals surface area contributed by atoms with Crippen molar-refractivity contribution in [3.05, 3.63) is 52.5 Å². The molecule has 2 rings (SSSR count). The Balaban J connectivity index is 1.98. The fourth-order valence-corrected chi connectivity index (χ4v) is 2.54. The van der Waals surface area contributed by atoms with Crippen LogP contribution in [0.4, 0.5) is 11.4 Å². The quantitative estimate of drug-likeness (QED) is 0.718. The third-order valence-corrected chi connectivity index (χ3v) is 3.82. The minimum absolute atomic E-state index is 0.0790. The van der Waals surface area contributed by atoms with E-state index in [1.807, 2.05) is 31.2 Å². The molecule has 128 valence electrons. The Hall–Kier alpha value is -2.24. The van der Waals surface area contributed by atoms with Crippen molar-refractivity contribution in [1.29, 1.82) is 0 Å². The molecular formula is C18H21ClN2O3. The predicted octanol–water partition coefficient (Wildman–Crippen LogP) is 3.24. The second kappa shape index (κ2) is 8.57. The van der Waals surface area contributed by atoms with E-state index in [9.17, 15) is 4.79 Å². The molecule has 0 heterocycles. The van der Waals surface area contributed by atoms with Gasteiger partial charge in [0.15, 0.2) is 0 Å². The number of benzene rings is 2. The average Bonchev–Trinajstić information content (AvgIpc) is 2.56. The maximum Gasteiger partial charge on any atom is 0.243 e. The Kier molecular flexibility index (Phi) is 6.46. The highest BCUT2D eigenvalue weighted by atomic mass is 35.5. The van der Waals surface area contributed by atoms with E-state index < -0.39 is 0 Å². The van der Waals surface area contributed by atoms with Crippen LogP contribution in [0.2, 0.25) is 5.02 Å². The molecule has 0 radical (unpaired) electrons. The summed E-state index contributed by atoms with van der Waals surface area (Å²) in [6.45, 7) is 2.10. The van der Waals surface area contributed by atoms with Gasteiger partial charge in [0.2, 0.25) is 5.91 Å². The number of carbonyl (C=O) groups excluding carboxylic acids is 1. The second-order valence-electron chi connectivity index (χ2n) is 5.39. The molecular weight excluding hydrogens is 328 g/mol. The molecule has 0 aliphatic carbocycles. The number of anilines is 2. The van der Waals surface area contributed by atoms with Crippen molar-refractivity contribution in [2.24, 2.45) is 0 Å². The fourth-order valence-electron chi connectivity index (χ4n) is 2.26. The second-order valence-corrected chi connectivity index (χ2v) is 5.80. The van der Waals surface area contributed by atoms with E-state index in [4.69, 9.17) is 21.4 Å². The van der Waals surface area contributed by atoms with E-state index in [-0.39, 0.29) is 19.1 Å². The number of carbonyl (C=O) groups is 1. The first kappa shape index (κ1) is 18.1. The first-order valence-electron chi connectivity index (χ1n) is 7.61. The zero-order valence-corrected chi connectivity index (χ0v) is 14.5. The SMILES string of the molecule is COc1cc(CCO)ccc1NCC(=O)Nc1ccc(C)cc1Cl. The zero-order valence-electron chi connectivity index (χ0n) is 13.7. The van der Waals surface area contributed by atoms with Gasteiger partial charge in [0, 0.05) is 6.61 Å². The van der Waals surface area contributed by atoms with E-state index in [1.54, 1.807) is 19.2 Å². The Labute approximate surface area is 146 Å². The summed E-state index contributed by atoms with van der Waals surface area (Å²) in [5.74, 6) is 0.421. The van der Waals surface area contributed by atoms with Crippen molar-refractivity contribution in [2.75, 3.05) is 30.9 Å². The lowest BCUT2D eigenvalue weighted by Crippen LogP contribution is -2.22. The number of hydrogen-bond donors (Lipinski definition) is 3. The molecule has 0 saturated heterocycles. The summed E-state index contributed by atoms with van der Waals surface area (Å²) in [6.07, 6.45) is 0.559. The number of nitrogens with one attached hydrogen (secondary N) is 2. The van der Waals surface area contributed by atoms with Crippen LogP contribution in [0.5, 0.6) is 5.75 Å². The van der Waals surface area contributed by atoms with E-state index >= 15 is 0 Å². The predicted molar refractivity (Wildman–Crippen MR) is 97.1 cm³/mol. The van der Waals surface area contributed by atoms with Crippen LogP contribution in [0.15, 0.2) is 36.4 Å². The lowest BCUT2D eigenvalue weighted by Gasteiger charge is -2.13. The number of rotatable bonds is 7. The van der Waals surface area contributed by atoms with Crippen LogP contribution >= 0.6 is 11.6 Å².